The van der Waals surface area contributed by atoms with Crippen molar-refractivity contribution in [2.45, 2.75) is 13.5 Å². The van der Waals surface area contributed by atoms with Crippen LogP contribution in [0.15, 0.2) is 29.1 Å². The number of pyridine rings is 1. The maximum Gasteiger partial charge on any atom is 0.266 e. The summed E-state index contributed by atoms with van der Waals surface area (Å²) in [6.07, 6.45) is 0. The number of benzene rings is 1. The molecule has 0 aliphatic heterocycles. The van der Waals surface area contributed by atoms with Crippen molar-refractivity contribution in [3.63, 3.8) is 0 Å². The van der Waals surface area contributed by atoms with Crippen molar-refractivity contribution in [1.29, 1.82) is 5.26 Å². The monoisotopic (exact) mass is 283 g/mol. The van der Waals surface area contributed by atoms with Crippen molar-refractivity contribution in [2.75, 3.05) is 14.1 Å². The lowest BCUT2D eigenvalue weighted by molar-refractivity contribution is 0.386. The van der Waals surface area contributed by atoms with E-state index < -0.39 is 5.56 Å². The fourth-order valence-electron chi connectivity index (χ4n) is 2.25. The molecular weight excluding hydrogens is 266 g/mol. The Kier molecular flexibility index (Phi) is 4.10. The molecule has 0 fully saturated rings. The van der Waals surface area contributed by atoms with Gasteiger partial charge in [0.25, 0.3) is 5.56 Å². The van der Waals surface area contributed by atoms with Crippen LogP contribution >= 0.6 is 0 Å². The lowest BCUT2D eigenvalue weighted by atomic mass is 9.98. The molecule has 21 heavy (non-hydrogen) atoms. The molecule has 0 unspecified atom stereocenters. The number of aromatic hydroxyl groups is 1. The quantitative estimate of drug-likeness (QED) is 0.902. The molecule has 5 nitrogen and oxygen atoms in total. The Morgan fingerprint density at radius 2 is 2.05 bits per heavy atom. The number of phenols is 1. The van der Waals surface area contributed by atoms with Crippen LogP contribution in [0, 0.1) is 18.3 Å². The van der Waals surface area contributed by atoms with Crippen LogP contribution in [0.2, 0.25) is 0 Å². The maximum atomic E-state index is 11.9. The Bertz CT molecular complexity index is 770. The van der Waals surface area contributed by atoms with Crippen LogP contribution in [-0.2, 0) is 6.54 Å². The summed E-state index contributed by atoms with van der Waals surface area (Å²) in [6, 6.07) is 8.83. The van der Waals surface area contributed by atoms with Crippen molar-refractivity contribution in [3.05, 3.63) is 51.4 Å². The van der Waals surface area contributed by atoms with Gasteiger partial charge in [-0.25, -0.2) is 0 Å². The molecule has 0 bridgehead atoms. The molecule has 0 amide bonds. The number of rotatable bonds is 3. The van der Waals surface area contributed by atoms with E-state index in [-0.39, 0.29) is 11.3 Å². The van der Waals surface area contributed by atoms with Crippen LogP contribution in [-0.4, -0.2) is 29.1 Å². The molecule has 2 N–H and O–H groups in total. The lowest BCUT2D eigenvalue weighted by Crippen LogP contribution is -2.13. The Labute approximate surface area is 123 Å². The molecule has 0 aliphatic rings. The van der Waals surface area contributed by atoms with E-state index in [4.69, 9.17) is 0 Å². The number of nitriles is 1. The first-order chi connectivity index (χ1) is 9.92. The van der Waals surface area contributed by atoms with Crippen molar-refractivity contribution in [3.8, 4) is 22.9 Å². The molecule has 2 rings (SSSR count). The largest absolute Gasteiger partial charge is 0.508 e. The number of hydrogen-bond acceptors (Lipinski definition) is 4. The molecule has 1 aromatic heterocycles. The fourth-order valence-corrected chi connectivity index (χ4v) is 2.25. The fraction of sp³-hybridized carbons (Fsp3) is 0.250. The van der Waals surface area contributed by atoms with Gasteiger partial charge in [0.05, 0.1) is 0 Å². The molecular formula is C16H17N3O2. The second kappa shape index (κ2) is 5.81. The number of aromatic nitrogens is 1. The van der Waals surface area contributed by atoms with Gasteiger partial charge in [0.2, 0.25) is 0 Å². The van der Waals surface area contributed by atoms with Crippen LogP contribution < -0.4 is 5.56 Å². The summed E-state index contributed by atoms with van der Waals surface area (Å²) >= 11 is 0. The highest BCUT2D eigenvalue weighted by Crippen LogP contribution is 2.28. The Morgan fingerprint density at radius 1 is 1.33 bits per heavy atom. The zero-order valence-electron chi connectivity index (χ0n) is 12.3. The number of aromatic amines is 1. The topological polar surface area (TPSA) is 80.1 Å². The minimum atomic E-state index is -0.394. The Hall–Kier alpha value is -2.58. The standard InChI is InChI=1S/C16H17N3O2/c1-10-6-13(14(8-17)16(21)18-10)11-4-5-15(20)12(7-11)9-19(2)3/h4-7,20H,9H2,1-3H3,(H,18,21). The molecule has 0 radical (unpaired) electrons. The summed E-state index contributed by atoms with van der Waals surface area (Å²) in [6.45, 7) is 2.34. The predicted molar refractivity (Wildman–Crippen MR) is 81.0 cm³/mol. The van der Waals surface area contributed by atoms with Gasteiger partial charge in [-0.15, -0.1) is 0 Å². The number of hydrogen-bond donors (Lipinski definition) is 2. The van der Waals surface area contributed by atoms with Gasteiger partial charge >= 0.3 is 0 Å². The average molecular weight is 283 g/mol. The summed E-state index contributed by atoms with van der Waals surface area (Å²) in [5.41, 5.74) is 2.46. The highest BCUT2D eigenvalue weighted by molar-refractivity contribution is 5.71. The van der Waals surface area contributed by atoms with Crippen LogP contribution in [0.4, 0.5) is 0 Å². The second-order valence-electron chi connectivity index (χ2n) is 5.26. The van der Waals surface area contributed by atoms with E-state index in [0.29, 0.717) is 17.8 Å². The minimum absolute atomic E-state index is 0.0853. The lowest BCUT2D eigenvalue weighted by Gasteiger charge is -2.13. The smallest absolute Gasteiger partial charge is 0.266 e. The summed E-state index contributed by atoms with van der Waals surface area (Å²) in [5.74, 6) is 0.201. The molecule has 0 saturated carbocycles. The third kappa shape index (κ3) is 3.12. The number of phenolic OH excluding ortho intramolecular Hbond substituents is 1. The number of nitrogens with one attached hydrogen (secondary N) is 1. The van der Waals surface area contributed by atoms with Crippen molar-refractivity contribution < 1.29 is 5.11 Å². The van der Waals surface area contributed by atoms with Crippen molar-refractivity contribution in [1.82, 2.24) is 9.88 Å². The summed E-state index contributed by atoms with van der Waals surface area (Å²) in [4.78, 5) is 16.4. The van der Waals surface area contributed by atoms with Gasteiger partial charge in [0.1, 0.15) is 17.4 Å². The predicted octanol–water partition coefficient (Wildman–Crippen LogP) is 1.99. The van der Waals surface area contributed by atoms with Gasteiger partial charge in [-0.05, 0) is 44.8 Å². The number of aryl methyl sites for hydroxylation is 1. The maximum absolute atomic E-state index is 11.9. The van der Waals surface area contributed by atoms with Gasteiger partial charge in [-0.1, -0.05) is 6.07 Å². The van der Waals surface area contributed by atoms with E-state index in [1.165, 1.54) is 0 Å². The second-order valence-corrected chi connectivity index (χ2v) is 5.26. The van der Waals surface area contributed by atoms with E-state index in [0.717, 1.165) is 11.1 Å². The first kappa shape index (κ1) is 14.8. The van der Waals surface area contributed by atoms with Crippen LogP contribution in [0.3, 0.4) is 0 Å². The van der Waals surface area contributed by atoms with E-state index in [1.54, 1.807) is 25.1 Å². The molecule has 1 aromatic carbocycles. The molecule has 0 aliphatic carbocycles. The zero-order valence-corrected chi connectivity index (χ0v) is 12.3. The van der Waals surface area contributed by atoms with Gasteiger partial charge in [-0.3, -0.25) is 4.79 Å². The van der Waals surface area contributed by atoms with E-state index in [2.05, 4.69) is 4.98 Å². The Morgan fingerprint density at radius 3 is 2.67 bits per heavy atom. The van der Waals surface area contributed by atoms with E-state index in [1.807, 2.05) is 31.1 Å². The van der Waals surface area contributed by atoms with Crippen molar-refractivity contribution in [2.24, 2.45) is 0 Å². The number of H-pyrrole nitrogens is 1. The minimum Gasteiger partial charge on any atom is -0.508 e. The first-order valence-corrected chi connectivity index (χ1v) is 6.53. The zero-order chi connectivity index (χ0) is 15.6. The van der Waals surface area contributed by atoms with E-state index >= 15 is 0 Å². The van der Waals surface area contributed by atoms with Gasteiger partial charge in [-0.2, -0.15) is 5.26 Å². The third-order valence-electron chi connectivity index (χ3n) is 3.16. The highest BCUT2D eigenvalue weighted by Gasteiger charge is 2.12. The average Bonchev–Trinajstić information content (AvgIpc) is 2.40. The van der Waals surface area contributed by atoms with E-state index in [9.17, 15) is 15.2 Å². The normalized spacial score (nSPS) is 10.6. The van der Waals surface area contributed by atoms with Gasteiger partial charge in [0.15, 0.2) is 0 Å². The molecule has 108 valence electrons. The molecule has 2 aromatic rings. The van der Waals surface area contributed by atoms with Crippen LogP contribution in [0.1, 0.15) is 16.8 Å². The Balaban J connectivity index is 2.63. The molecule has 1 heterocycles. The first-order valence-electron chi connectivity index (χ1n) is 6.53. The summed E-state index contributed by atoms with van der Waals surface area (Å²) in [7, 11) is 3.81. The molecule has 0 spiro atoms. The summed E-state index contributed by atoms with van der Waals surface area (Å²) in [5, 5.41) is 19.1. The summed E-state index contributed by atoms with van der Waals surface area (Å²) < 4.78 is 0. The molecule has 5 heteroatoms. The van der Waals surface area contributed by atoms with Gasteiger partial charge < -0.3 is 15.0 Å². The van der Waals surface area contributed by atoms with Crippen LogP contribution in [0.5, 0.6) is 5.75 Å². The highest BCUT2D eigenvalue weighted by atomic mass is 16.3. The van der Waals surface area contributed by atoms with Gasteiger partial charge in [0, 0.05) is 23.4 Å². The third-order valence-corrected chi connectivity index (χ3v) is 3.16. The van der Waals surface area contributed by atoms with Crippen LogP contribution in [0.25, 0.3) is 11.1 Å². The SMILES string of the molecule is Cc1cc(-c2ccc(O)c(CN(C)C)c2)c(C#N)c(=O)[nH]1. The van der Waals surface area contributed by atoms with Crippen molar-refractivity contribution >= 4 is 0 Å². The molecule has 0 atom stereocenters. The molecule has 0 saturated heterocycles. The number of nitrogens with zero attached hydrogens (tertiary/aromatic N) is 2.